The lowest BCUT2D eigenvalue weighted by Crippen LogP contribution is -2.19. The molecule has 0 aliphatic heterocycles. The summed E-state index contributed by atoms with van der Waals surface area (Å²) in [5.41, 5.74) is 1.60. The van der Waals surface area contributed by atoms with Gasteiger partial charge in [0.25, 0.3) is 0 Å². The predicted molar refractivity (Wildman–Crippen MR) is 74.1 cm³/mol. The second kappa shape index (κ2) is 5.39. The van der Waals surface area contributed by atoms with E-state index >= 15 is 0 Å². The summed E-state index contributed by atoms with van der Waals surface area (Å²) >= 11 is 0. The maximum absolute atomic E-state index is 3.84. The van der Waals surface area contributed by atoms with E-state index in [1.54, 1.807) is 0 Å². The van der Waals surface area contributed by atoms with Crippen molar-refractivity contribution in [3.05, 3.63) is 37.0 Å². The molecule has 0 aromatic heterocycles. The molecule has 15 heavy (non-hydrogen) atoms. The molecule has 0 aliphatic rings. The Morgan fingerprint density at radius 1 is 1.20 bits per heavy atom. The van der Waals surface area contributed by atoms with Crippen LogP contribution in [0.15, 0.2) is 37.0 Å². The highest BCUT2D eigenvalue weighted by molar-refractivity contribution is 6.14. The number of hydrogen-bond acceptors (Lipinski definition) is 0. The molecular formula is C14H25B. The van der Waals surface area contributed by atoms with Crippen molar-refractivity contribution < 1.29 is 0 Å². The van der Waals surface area contributed by atoms with Gasteiger partial charge in [0, 0.05) is 0 Å². The zero-order valence-electron chi connectivity index (χ0n) is 11.1. The van der Waals surface area contributed by atoms with Gasteiger partial charge in [-0.05, 0) is 23.8 Å². The minimum absolute atomic E-state index is 0.321. The van der Waals surface area contributed by atoms with Crippen LogP contribution in [0, 0.1) is 5.41 Å². The number of rotatable bonds is 6. The van der Waals surface area contributed by atoms with Gasteiger partial charge in [-0.1, -0.05) is 64.4 Å². The Morgan fingerprint density at radius 2 is 1.73 bits per heavy atom. The zero-order chi connectivity index (χ0) is 12.1. The summed E-state index contributed by atoms with van der Waals surface area (Å²) < 4.78 is 0. The van der Waals surface area contributed by atoms with Gasteiger partial charge in [0.1, 0.15) is 7.85 Å². The Bertz CT molecular complexity index is 251. The minimum atomic E-state index is 0.321. The fraction of sp³-hybridized carbons (Fsp3) is 0.571. The largest absolute Gasteiger partial charge is 0.108 e. The van der Waals surface area contributed by atoms with E-state index in [-0.39, 0.29) is 0 Å². The van der Waals surface area contributed by atoms with Gasteiger partial charge in [-0.25, -0.2) is 0 Å². The molecule has 0 aromatic rings. The first-order valence-electron chi connectivity index (χ1n) is 5.64. The summed E-state index contributed by atoms with van der Waals surface area (Å²) in [5, 5.41) is 0.379. The SMILES string of the molecule is BC(C)(C)CC(C)(C)C/C(C=C)=C/C=C. The minimum Gasteiger partial charge on any atom is -0.0991 e. The molecule has 0 amide bonds. The van der Waals surface area contributed by atoms with Crippen molar-refractivity contribution in [2.24, 2.45) is 5.41 Å². The van der Waals surface area contributed by atoms with Gasteiger partial charge in [-0.15, -0.1) is 0 Å². The first-order valence-corrected chi connectivity index (χ1v) is 5.64. The van der Waals surface area contributed by atoms with E-state index in [1.807, 2.05) is 12.2 Å². The molecule has 84 valence electrons. The van der Waals surface area contributed by atoms with Gasteiger partial charge < -0.3 is 0 Å². The van der Waals surface area contributed by atoms with E-state index in [0.717, 1.165) is 6.42 Å². The van der Waals surface area contributed by atoms with Crippen LogP contribution in [-0.2, 0) is 0 Å². The third-order valence-corrected chi connectivity index (χ3v) is 2.29. The van der Waals surface area contributed by atoms with Crippen LogP contribution in [0.3, 0.4) is 0 Å². The van der Waals surface area contributed by atoms with E-state index in [0.29, 0.717) is 10.7 Å². The maximum Gasteiger partial charge on any atom is 0.108 e. The highest BCUT2D eigenvalue weighted by atomic mass is 14.3. The summed E-state index contributed by atoms with van der Waals surface area (Å²) in [4.78, 5) is 0. The summed E-state index contributed by atoms with van der Waals surface area (Å²) in [6, 6.07) is 0. The third kappa shape index (κ3) is 7.24. The van der Waals surface area contributed by atoms with Crippen molar-refractivity contribution in [1.29, 1.82) is 0 Å². The molecule has 0 rings (SSSR count). The van der Waals surface area contributed by atoms with Gasteiger partial charge in [0.05, 0.1) is 0 Å². The van der Waals surface area contributed by atoms with Gasteiger partial charge in [0.15, 0.2) is 0 Å². The van der Waals surface area contributed by atoms with E-state index in [2.05, 4.69) is 54.8 Å². The summed E-state index contributed by atoms with van der Waals surface area (Å²) in [6.07, 6.45) is 8.11. The van der Waals surface area contributed by atoms with Gasteiger partial charge in [-0.3, -0.25) is 0 Å². The molecule has 0 N–H and O–H groups in total. The molecule has 0 saturated heterocycles. The average molecular weight is 204 g/mol. The standard InChI is InChI=1S/C14H25B/c1-7-9-12(8-2)10-13(3,4)11-14(5,6)15/h7-9H,1-2,10-11,15H2,3-6H3/b12-9+. The van der Waals surface area contributed by atoms with Crippen molar-refractivity contribution in [2.45, 2.75) is 45.9 Å². The van der Waals surface area contributed by atoms with Crippen molar-refractivity contribution in [1.82, 2.24) is 0 Å². The maximum atomic E-state index is 3.84. The van der Waals surface area contributed by atoms with E-state index in [4.69, 9.17) is 0 Å². The Balaban J connectivity index is 4.55. The Hall–Kier alpha value is -0.715. The Morgan fingerprint density at radius 3 is 2.07 bits per heavy atom. The van der Waals surface area contributed by atoms with Crippen LogP contribution in [0.1, 0.15) is 40.5 Å². The lowest BCUT2D eigenvalue weighted by molar-refractivity contribution is 0.295. The zero-order valence-corrected chi connectivity index (χ0v) is 11.1. The Labute approximate surface area is 96.6 Å². The lowest BCUT2D eigenvalue weighted by Gasteiger charge is -2.33. The fourth-order valence-electron chi connectivity index (χ4n) is 2.40. The first kappa shape index (κ1) is 14.3. The van der Waals surface area contributed by atoms with Crippen molar-refractivity contribution in [3.63, 3.8) is 0 Å². The van der Waals surface area contributed by atoms with Crippen molar-refractivity contribution in [2.75, 3.05) is 0 Å². The molecule has 0 bridgehead atoms. The van der Waals surface area contributed by atoms with Gasteiger partial charge in [0.2, 0.25) is 0 Å². The highest BCUT2D eigenvalue weighted by Gasteiger charge is 2.25. The van der Waals surface area contributed by atoms with Gasteiger partial charge in [-0.2, -0.15) is 0 Å². The third-order valence-electron chi connectivity index (χ3n) is 2.29. The molecule has 0 spiro atoms. The quantitative estimate of drug-likeness (QED) is 0.454. The molecule has 1 heteroatoms. The second-order valence-corrected chi connectivity index (χ2v) is 6.26. The number of allylic oxidation sites excluding steroid dienone is 4. The molecule has 0 heterocycles. The molecule has 0 unspecified atom stereocenters. The van der Waals surface area contributed by atoms with Crippen LogP contribution in [0.25, 0.3) is 0 Å². The van der Waals surface area contributed by atoms with Crippen LogP contribution in [-0.4, -0.2) is 7.85 Å². The highest BCUT2D eigenvalue weighted by Crippen LogP contribution is 2.40. The van der Waals surface area contributed by atoms with E-state index in [1.165, 1.54) is 12.0 Å². The van der Waals surface area contributed by atoms with Crippen molar-refractivity contribution >= 4 is 7.85 Å². The molecule has 0 saturated carbocycles. The van der Waals surface area contributed by atoms with Crippen LogP contribution in [0.5, 0.6) is 0 Å². The predicted octanol–water partition coefficient (Wildman–Crippen LogP) is 3.92. The summed E-state index contributed by atoms with van der Waals surface area (Å²) in [5.74, 6) is 0. The monoisotopic (exact) mass is 204 g/mol. The van der Waals surface area contributed by atoms with Gasteiger partial charge >= 0.3 is 0 Å². The fourth-order valence-corrected chi connectivity index (χ4v) is 2.40. The topological polar surface area (TPSA) is 0 Å². The molecule has 0 aromatic carbocycles. The molecule has 0 radical (unpaired) electrons. The molecule has 0 aliphatic carbocycles. The first-order chi connectivity index (χ1) is 6.70. The van der Waals surface area contributed by atoms with E-state index < -0.39 is 0 Å². The summed E-state index contributed by atoms with van der Waals surface area (Å²) in [6.45, 7) is 16.8. The van der Waals surface area contributed by atoms with Crippen LogP contribution in [0.4, 0.5) is 0 Å². The van der Waals surface area contributed by atoms with E-state index in [9.17, 15) is 0 Å². The molecule has 0 nitrogen and oxygen atoms in total. The number of hydrogen-bond donors (Lipinski definition) is 0. The molecular weight excluding hydrogens is 179 g/mol. The summed E-state index contributed by atoms with van der Waals surface area (Å²) in [7, 11) is 2.29. The average Bonchev–Trinajstić information content (AvgIpc) is 1.98. The molecule has 0 atom stereocenters. The lowest BCUT2D eigenvalue weighted by atomic mass is 9.62. The second-order valence-electron chi connectivity index (χ2n) is 6.26. The van der Waals surface area contributed by atoms with Crippen LogP contribution >= 0.6 is 0 Å². The van der Waals surface area contributed by atoms with Crippen molar-refractivity contribution in [3.8, 4) is 0 Å². The normalized spacial score (nSPS) is 13.7. The molecule has 0 fully saturated rings. The Kier molecular flexibility index (Phi) is 5.13. The smallest absolute Gasteiger partial charge is 0.0991 e. The van der Waals surface area contributed by atoms with Crippen LogP contribution in [0.2, 0.25) is 5.31 Å². The van der Waals surface area contributed by atoms with Crippen LogP contribution < -0.4 is 0 Å².